The average Bonchev–Trinajstić information content (AvgIpc) is 2.56. The summed E-state index contributed by atoms with van der Waals surface area (Å²) in [5, 5.41) is 9.05. The Labute approximate surface area is 132 Å². The number of ketones is 2. The van der Waals surface area contributed by atoms with E-state index in [-0.39, 0.29) is 30.1 Å². The fourth-order valence-electron chi connectivity index (χ4n) is 3.04. The first-order valence-electron chi connectivity index (χ1n) is 7.27. The molecule has 1 atom stereocenters. The van der Waals surface area contributed by atoms with Crippen molar-refractivity contribution in [1.82, 2.24) is 0 Å². The summed E-state index contributed by atoms with van der Waals surface area (Å²) in [6.45, 7) is 0.0892. The number of carbonyl (C=O) groups is 3. The van der Waals surface area contributed by atoms with Gasteiger partial charge in [-0.1, -0.05) is 42.5 Å². The van der Waals surface area contributed by atoms with Crippen LogP contribution in [0.3, 0.4) is 0 Å². The number of nitrogens with two attached hydrogens (primary N) is 1. The Bertz CT molecular complexity index is 826. The molecule has 2 aromatic rings. The molecule has 1 aliphatic carbocycles. The summed E-state index contributed by atoms with van der Waals surface area (Å²) in [6.07, 6.45) is -0.184. The third kappa shape index (κ3) is 2.45. The van der Waals surface area contributed by atoms with E-state index >= 15 is 0 Å². The summed E-state index contributed by atoms with van der Waals surface area (Å²) in [5.41, 5.74) is 7.56. The van der Waals surface area contributed by atoms with Gasteiger partial charge >= 0.3 is 5.97 Å². The van der Waals surface area contributed by atoms with Gasteiger partial charge in [0.1, 0.15) is 0 Å². The molecule has 0 saturated heterocycles. The number of carbonyl (C=O) groups excluding carboxylic acids is 2. The lowest BCUT2D eigenvalue weighted by Gasteiger charge is -2.23. The minimum atomic E-state index is -0.993. The minimum Gasteiger partial charge on any atom is -0.481 e. The number of aliphatic carboxylic acids is 1. The van der Waals surface area contributed by atoms with E-state index < -0.39 is 11.9 Å². The summed E-state index contributed by atoms with van der Waals surface area (Å²) >= 11 is 0. The highest BCUT2D eigenvalue weighted by molar-refractivity contribution is 6.28. The molecule has 0 bridgehead atoms. The number of carboxylic acid groups (broad SMARTS) is 1. The lowest BCUT2D eigenvalue weighted by Crippen LogP contribution is -2.25. The molecule has 0 aromatic heterocycles. The van der Waals surface area contributed by atoms with Crippen LogP contribution in [0.15, 0.2) is 42.5 Å². The minimum absolute atomic E-state index is 0.0892. The second kappa shape index (κ2) is 5.78. The van der Waals surface area contributed by atoms with Crippen LogP contribution in [0, 0.1) is 0 Å². The summed E-state index contributed by atoms with van der Waals surface area (Å²) < 4.78 is 0. The first kappa shape index (κ1) is 15.1. The molecule has 3 rings (SSSR count). The van der Waals surface area contributed by atoms with Gasteiger partial charge in [-0.15, -0.1) is 0 Å². The van der Waals surface area contributed by atoms with E-state index in [0.29, 0.717) is 22.3 Å². The number of rotatable bonds is 4. The normalized spacial score (nSPS) is 14.1. The summed E-state index contributed by atoms with van der Waals surface area (Å²) in [7, 11) is 0. The van der Waals surface area contributed by atoms with Crippen LogP contribution in [0.25, 0.3) is 0 Å². The van der Waals surface area contributed by atoms with E-state index in [2.05, 4.69) is 0 Å². The summed E-state index contributed by atoms with van der Waals surface area (Å²) in [4.78, 5) is 36.5. The molecule has 5 nitrogen and oxygen atoms in total. The van der Waals surface area contributed by atoms with Crippen LogP contribution in [0.1, 0.15) is 49.7 Å². The van der Waals surface area contributed by atoms with Crippen LogP contribution < -0.4 is 5.73 Å². The van der Waals surface area contributed by atoms with Crippen molar-refractivity contribution < 1.29 is 19.5 Å². The van der Waals surface area contributed by atoms with Crippen molar-refractivity contribution in [3.63, 3.8) is 0 Å². The van der Waals surface area contributed by atoms with E-state index in [1.165, 1.54) is 0 Å². The van der Waals surface area contributed by atoms with Crippen molar-refractivity contribution in [2.24, 2.45) is 5.73 Å². The van der Waals surface area contributed by atoms with Crippen LogP contribution in [-0.4, -0.2) is 29.2 Å². The van der Waals surface area contributed by atoms with Gasteiger partial charge in [0.05, 0.1) is 6.42 Å². The molecule has 0 saturated carbocycles. The highest BCUT2D eigenvalue weighted by Gasteiger charge is 2.33. The van der Waals surface area contributed by atoms with Crippen molar-refractivity contribution in [3.8, 4) is 0 Å². The smallest absolute Gasteiger partial charge is 0.304 e. The molecule has 1 unspecified atom stereocenters. The van der Waals surface area contributed by atoms with E-state index in [0.717, 1.165) is 0 Å². The third-order valence-electron chi connectivity index (χ3n) is 4.13. The predicted molar refractivity (Wildman–Crippen MR) is 83.8 cm³/mol. The number of carboxylic acids is 1. The maximum atomic E-state index is 12.8. The van der Waals surface area contributed by atoms with Gasteiger partial charge in [-0.2, -0.15) is 0 Å². The molecule has 23 heavy (non-hydrogen) atoms. The van der Waals surface area contributed by atoms with Crippen molar-refractivity contribution >= 4 is 17.5 Å². The molecule has 0 radical (unpaired) electrons. The monoisotopic (exact) mass is 309 g/mol. The Hall–Kier alpha value is -2.79. The van der Waals surface area contributed by atoms with Crippen LogP contribution >= 0.6 is 0 Å². The SMILES string of the molecule is NCC(CC(=O)O)c1cccc2c1C(=O)c1ccccc1C2=O. The first-order chi connectivity index (χ1) is 11.0. The fourth-order valence-corrected chi connectivity index (χ4v) is 3.04. The van der Waals surface area contributed by atoms with E-state index in [4.69, 9.17) is 10.8 Å². The molecule has 0 aliphatic heterocycles. The zero-order chi connectivity index (χ0) is 16.6. The van der Waals surface area contributed by atoms with Crippen molar-refractivity contribution in [1.29, 1.82) is 0 Å². The van der Waals surface area contributed by atoms with Gasteiger partial charge < -0.3 is 10.8 Å². The molecule has 5 heteroatoms. The third-order valence-corrected chi connectivity index (χ3v) is 4.13. The molecule has 1 aliphatic rings. The quantitative estimate of drug-likeness (QED) is 0.768. The van der Waals surface area contributed by atoms with E-state index in [9.17, 15) is 14.4 Å². The molecule has 2 aromatic carbocycles. The predicted octanol–water partition coefficient (Wildman–Crippen LogP) is 1.98. The number of hydrogen-bond donors (Lipinski definition) is 2. The Morgan fingerprint density at radius 3 is 2.17 bits per heavy atom. The van der Waals surface area contributed by atoms with E-state index in [1.54, 1.807) is 42.5 Å². The van der Waals surface area contributed by atoms with Crippen LogP contribution in [0.2, 0.25) is 0 Å². The summed E-state index contributed by atoms with van der Waals surface area (Å²) in [5.74, 6) is -1.98. The molecule has 0 spiro atoms. The average molecular weight is 309 g/mol. The van der Waals surface area contributed by atoms with Gasteiger partial charge in [-0.05, 0) is 12.1 Å². The summed E-state index contributed by atoms with van der Waals surface area (Å²) in [6, 6.07) is 11.6. The number of hydrogen-bond acceptors (Lipinski definition) is 4. The van der Waals surface area contributed by atoms with E-state index in [1.807, 2.05) is 0 Å². The molecule has 0 amide bonds. The molecular weight excluding hydrogens is 294 g/mol. The lowest BCUT2D eigenvalue weighted by molar-refractivity contribution is -0.137. The van der Waals surface area contributed by atoms with Gasteiger partial charge in [0.15, 0.2) is 11.6 Å². The van der Waals surface area contributed by atoms with Crippen molar-refractivity contribution in [3.05, 3.63) is 70.3 Å². The van der Waals surface area contributed by atoms with Crippen molar-refractivity contribution in [2.45, 2.75) is 12.3 Å². The highest BCUT2D eigenvalue weighted by Crippen LogP contribution is 2.33. The standard InChI is InChI=1S/C18H15NO4/c19-9-10(8-15(20)21)11-6-3-7-14-16(11)18(23)13-5-2-1-4-12(13)17(14)22/h1-7,10H,8-9,19H2,(H,20,21). The second-order valence-corrected chi connectivity index (χ2v) is 5.50. The molecule has 3 N–H and O–H groups in total. The van der Waals surface area contributed by atoms with Crippen molar-refractivity contribution in [2.75, 3.05) is 6.54 Å². The van der Waals surface area contributed by atoms with Gasteiger partial charge in [0.2, 0.25) is 0 Å². The molecule has 0 fully saturated rings. The maximum Gasteiger partial charge on any atom is 0.304 e. The molecule has 116 valence electrons. The zero-order valence-corrected chi connectivity index (χ0v) is 12.3. The van der Waals surface area contributed by atoms with Gasteiger partial charge in [-0.25, -0.2) is 0 Å². The van der Waals surface area contributed by atoms with Crippen LogP contribution in [-0.2, 0) is 4.79 Å². The molecular formula is C18H15NO4. The Morgan fingerprint density at radius 1 is 0.957 bits per heavy atom. The van der Waals surface area contributed by atoms with Gasteiger partial charge in [-0.3, -0.25) is 14.4 Å². The zero-order valence-electron chi connectivity index (χ0n) is 12.3. The van der Waals surface area contributed by atoms with Gasteiger partial charge in [0, 0.05) is 28.2 Å². The highest BCUT2D eigenvalue weighted by atomic mass is 16.4. The Morgan fingerprint density at radius 2 is 1.57 bits per heavy atom. The Kier molecular flexibility index (Phi) is 3.80. The largest absolute Gasteiger partial charge is 0.481 e. The number of fused-ring (bicyclic) bond motifs is 2. The van der Waals surface area contributed by atoms with Gasteiger partial charge in [0.25, 0.3) is 0 Å². The first-order valence-corrected chi connectivity index (χ1v) is 7.27. The maximum absolute atomic E-state index is 12.8. The Balaban J connectivity index is 2.19. The fraction of sp³-hybridized carbons (Fsp3) is 0.167. The van der Waals surface area contributed by atoms with Crippen LogP contribution in [0.5, 0.6) is 0 Å². The van der Waals surface area contributed by atoms with Crippen LogP contribution in [0.4, 0.5) is 0 Å². The number of benzene rings is 2. The molecule has 0 heterocycles. The lowest BCUT2D eigenvalue weighted by atomic mass is 9.78. The topological polar surface area (TPSA) is 97.5 Å². The second-order valence-electron chi connectivity index (χ2n) is 5.50.